The normalized spacial score (nSPS) is 13.7. The summed E-state index contributed by atoms with van der Waals surface area (Å²) in [7, 11) is -2.43. The number of fused-ring (bicyclic) bond motifs is 1. The molecule has 0 aliphatic carbocycles. The molecule has 0 radical (unpaired) electrons. The zero-order chi connectivity index (χ0) is 27.5. The summed E-state index contributed by atoms with van der Waals surface area (Å²) < 4.78 is 32.7. The number of nitrogens with zero attached hydrogens (tertiary/aromatic N) is 2. The number of ether oxygens (including phenoxy) is 1. The van der Waals surface area contributed by atoms with E-state index in [9.17, 15) is 22.8 Å². The van der Waals surface area contributed by atoms with Gasteiger partial charge in [-0.25, -0.2) is 13.2 Å². The molecule has 0 bridgehead atoms. The fraction of sp³-hybridized carbons (Fsp3) is 0.480. The van der Waals surface area contributed by atoms with E-state index in [1.165, 1.54) is 51.9 Å². The van der Waals surface area contributed by atoms with E-state index in [0.717, 1.165) is 4.88 Å². The highest BCUT2D eigenvalue weighted by Gasteiger charge is 2.30. The van der Waals surface area contributed by atoms with Gasteiger partial charge >= 0.3 is 6.09 Å². The number of nitrogens with one attached hydrogen (secondary N) is 1. The van der Waals surface area contributed by atoms with E-state index in [4.69, 9.17) is 10.5 Å². The van der Waals surface area contributed by atoms with Gasteiger partial charge in [0.1, 0.15) is 5.00 Å². The molecule has 3 N–H and O–H groups in total. The highest BCUT2D eigenvalue weighted by molar-refractivity contribution is 7.89. The van der Waals surface area contributed by atoms with Crippen LogP contribution >= 0.6 is 11.3 Å². The van der Waals surface area contributed by atoms with Gasteiger partial charge < -0.3 is 20.7 Å². The van der Waals surface area contributed by atoms with E-state index < -0.39 is 27.9 Å². The van der Waals surface area contributed by atoms with Crippen LogP contribution in [0.1, 0.15) is 58.9 Å². The number of primary amides is 1. The second-order valence-electron chi connectivity index (χ2n) is 9.80. The predicted molar refractivity (Wildman–Crippen MR) is 142 cm³/mol. The molecule has 0 unspecified atom stereocenters. The summed E-state index contributed by atoms with van der Waals surface area (Å²) in [5.74, 6) is -0.851. The molecule has 12 heteroatoms. The van der Waals surface area contributed by atoms with Crippen LogP contribution in [0.5, 0.6) is 0 Å². The Morgan fingerprint density at radius 3 is 2.22 bits per heavy atom. The first kappa shape index (κ1) is 28.6. The van der Waals surface area contributed by atoms with Gasteiger partial charge in [0.25, 0.3) is 11.8 Å². The molecule has 0 saturated carbocycles. The molecule has 0 fully saturated rings. The van der Waals surface area contributed by atoms with Crippen molar-refractivity contribution in [3.63, 3.8) is 0 Å². The Morgan fingerprint density at radius 1 is 1.11 bits per heavy atom. The molecular weight excluding hydrogens is 516 g/mol. The van der Waals surface area contributed by atoms with Crippen molar-refractivity contribution in [2.45, 2.75) is 45.6 Å². The number of nitrogens with two attached hydrogens (primary N) is 1. The van der Waals surface area contributed by atoms with E-state index >= 15 is 0 Å². The molecule has 0 spiro atoms. The van der Waals surface area contributed by atoms with E-state index in [0.29, 0.717) is 36.6 Å². The smallest absolute Gasteiger partial charge is 0.409 e. The number of anilines is 1. The number of rotatable bonds is 9. The number of benzene rings is 1. The summed E-state index contributed by atoms with van der Waals surface area (Å²) in [5.41, 5.74) is 6.80. The first-order chi connectivity index (χ1) is 17.3. The summed E-state index contributed by atoms with van der Waals surface area (Å²) in [5, 5.41) is 3.04. The SMILES string of the molecule is COC(=O)N1CCc2c(sc(NC(=O)c3ccc(S(=O)(=O)N(CC(C)C)CC(C)C)cc3)c2C(N)=O)C1. The molecule has 3 amide bonds. The van der Waals surface area contributed by atoms with Crippen molar-refractivity contribution in [1.82, 2.24) is 9.21 Å². The Kier molecular flexibility index (Phi) is 8.98. The third-order valence-electron chi connectivity index (χ3n) is 5.86. The lowest BCUT2D eigenvalue weighted by atomic mass is 10.0. The molecule has 0 atom stereocenters. The fourth-order valence-electron chi connectivity index (χ4n) is 4.23. The van der Waals surface area contributed by atoms with E-state index in [-0.39, 0.29) is 34.4 Å². The summed E-state index contributed by atoms with van der Waals surface area (Å²) in [6, 6.07) is 5.73. The molecule has 202 valence electrons. The number of carbonyl (C=O) groups excluding carboxylic acids is 3. The number of hydrogen-bond acceptors (Lipinski definition) is 7. The minimum Gasteiger partial charge on any atom is -0.453 e. The molecule has 1 aromatic heterocycles. The van der Waals surface area contributed by atoms with E-state index in [1.54, 1.807) is 0 Å². The number of amides is 3. The van der Waals surface area contributed by atoms with Crippen molar-refractivity contribution in [2.24, 2.45) is 17.6 Å². The van der Waals surface area contributed by atoms with Crippen molar-refractivity contribution in [3.8, 4) is 0 Å². The van der Waals surface area contributed by atoms with Crippen LogP contribution in [0, 0.1) is 11.8 Å². The van der Waals surface area contributed by atoms with Crippen LogP contribution < -0.4 is 11.1 Å². The number of thiophene rings is 1. The zero-order valence-electron chi connectivity index (χ0n) is 21.7. The van der Waals surface area contributed by atoms with E-state index in [1.807, 2.05) is 27.7 Å². The molecule has 1 aliphatic rings. The van der Waals surface area contributed by atoms with Crippen LogP contribution in [0.2, 0.25) is 0 Å². The minimum atomic E-state index is -3.73. The maximum absolute atomic E-state index is 13.2. The maximum atomic E-state index is 13.2. The highest BCUT2D eigenvalue weighted by atomic mass is 32.2. The first-order valence-electron chi connectivity index (χ1n) is 12.0. The average molecular weight is 551 g/mol. The standard InChI is InChI=1S/C25H34N4O6S2/c1-15(2)12-29(13-16(3)4)37(33,34)18-8-6-17(7-9-18)23(31)27-24-21(22(26)30)19-10-11-28(25(32)35-5)14-20(19)36-24/h6-9,15-16H,10-14H2,1-5H3,(H2,26,30)(H,27,31). The molecule has 37 heavy (non-hydrogen) atoms. The van der Waals surface area contributed by atoms with Gasteiger partial charge in [0.05, 0.1) is 24.1 Å². The average Bonchev–Trinajstić information content (AvgIpc) is 3.19. The first-order valence-corrected chi connectivity index (χ1v) is 14.3. The van der Waals surface area contributed by atoms with Gasteiger partial charge in [-0.15, -0.1) is 11.3 Å². The summed E-state index contributed by atoms with van der Waals surface area (Å²) in [6.45, 7) is 9.27. The third kappa shape index (κ3) is 6.49. The molecular formula is C25H34N4O6S2. The van der Waals surface area contributed by atoms with Crippen molar-refractivity contribution >= 4 is 44.3 Å². The fourth-order valence-corrected chi connectivity index (χ4v) is 7.26. The monoisotopic (exact) mass is 550 g/mol. The van der Waals surface area contributed by atoms with Crippen LogP contribution in [0.15, 0.2) is 29.2 Å². The molecule has 0 saturated heterocycles. The number of methoxy groups -OCH3 is 1. The van der Waals surface area contributed by atoms with Crippen LogP contribution in [0.4, 0.5) is 9.80 Å². The van der Waals surface area contributed by atoms with Crippen LogP contribution in [-0.4, -0.2) is 62.3 Å². The molecule has 2 heterocycles. The maximum Gasteiger partial charge on any atom is 0.409 e. The minimum absolute atomic E-state index is 0.109. The van der Waals surface area contributed by atoms with Gasteiger partial charge in [-0.05, 0) is 48.1 Å². The molecule has 1 aliphatic heterocycles. The van der Waals surface area contributed by atoms with E-state index in [2.05, 4.69) is 5.32 Å². The van der Waals surface area contributed by atoms with Gasteiger partial charge in [0.2, 0.25) is 10.0 Å². The molecule has 3 rings (SSSR count). The van der Waals surface area contributed by atoms with Crippen molar-refractivity contribution < 1.29 is 27.5 Å². The topological polar surface area (TPSA) is 139 Å². The van der Waals surface area contributed by atoms with Crippen molar-refractivity contribution in [1.29, 1.82) is 0 Å². The lowest BCUT2D eigenvalue weighted by molar-refractivity contribution is 0.0999. The van der Waals surface area contributed by atoms with Gasteiger partial charge in [-0.1, -0.05) is 27.7 Å². The van der Waals surface area contributed by atoms with Gasteiger partial charge in [-0.3, -0.25) is 9.59 Å². The van der Waals surface area contributed by atoms with Crippen molar-refractivity contribution in [2.75, 3.05) is 32.1 Å². The van der Waals surface area contributed by atoms with Gasteiger partial charge in [0.15, 0.2) is 0 Å². The summed E-state index contributed by atoms with van der Waals surface area (Å²) in [4.78, 5) is 39.5. The Hall–Kier alpha value is -2.96. The van der Waals surface area contributed by atoms with Crippen LogP contribution in [0.25, 0.3) is 0 Å². The Labute approximate surface area is 221 Å². The molecule has 1 aromatic carbocycles. The Morgan fingerprint density at radius 2 is 1.70 bits per heavy atom. The van der Waals surface area contributed by atoms with Gasteiger partial charge in [0, 0.05) is 30.1 Å². The second-order valence-corrected chi connectivity index (χ2v) is 12.8. The van der Waals surface area contributed by atoms with Crippen molar-refractivity contribution in [3.05, 3.63) is 45.8 Å². The number of carbonyl (C=O) groups is 3. The van der Waals surface area contributed by atoms with Crippen LogP contribution in [-0.2, 0) is 27.7 Å². The highest BCUT2D eigenvalue weighted by Crippen LogP contribution is 2.37. The van der Waals surface area contributed by atoms with Gasteiger partial charge in [-0.2, -0.15) is 4.31 Å². The lowest BCUT2D eigenvalue weighted by Crippen LogP contribution is -2.37. The summed E-state index contributed by atoms with van der Waals surface area (Å²) >= 11 is 1.18. The number of hydrogen-bond donors (Lipinski definition) is 2. The van der Waals surface area contributed by atoms with Crippen LogP contribution in [0.3, 0.4) is 0 Å². The number of sulfonamides is 1. The third-order valence-corrected chi connectivity index (χ3v) is 8.83. The quantitative estimate of drug-likeness (QED) is 0.490. The zero-order valence-corrected chi connectivity index (χ0v) is 23.4. The Bertz CT molecular complexity index is 1260. The molecule has 2 aromatic rings. The largest absolute Gasteiger partial charge is 0.453 e. The predicted octanol–water partition coefficient (Wildman–Crippen LogP) is 3.53. The Balaban J connectivity index is 1.83. The lowest BCUT2D eigenvalue weighted by Gasteiger charge is -2.25. The second kappa shape index (κ2) is 11.6. The molecule has 10 nitrogen and oxygen atoms in total. The summed E-state index contributed by atoms with van der Waals surface area (Å²) in [6.07, 6.45) is -0.0640.